The Morgan fingerprint density at radius 1 is 1.08 bits per heavy atom. The molecular formula is C19H22N6O. The molecule has 0 bridgehead atoms. The summed E-state index contributed by atoms with van der Waals surface area (Å²) in [4.78, 5) is 16.3. The summed E-state index contributed by atoms with van der Waals surface area (Å²) in [6, 6.07) is 13.3. The minimum Gasteiger partial charge on any atom is -0.352 e. The molecule has 0 radical (unpaired) electrons. The molecule has 2 aromatic rings. The molecule has 0 spiro atoms. The zero-order valence-electron chi connectivity index (χ0n) is 15.0. The fourth-order valence-electron chi connectivity index (χ4n) is 2.85. The number of piperazine rings is 1. The van der Waals surface area contributed by atoms with E-state index in [1.54, 1.807) is 17.0 Å². The summed E-state index contributed by atoms with van der Waals surface area (Å²) < 4.78 is 0. The molecule has 1 saturated heterocycles. The van der Waals surface area contributed by atoms with E-state index in [1.165, 1.54) is 5.56 Å². The average molecular weight is 350 g/mol. The lowest BCUT2D eigenvalue weighted by Gasteiger charge is -2.35. The van der Waals surface area contributed by atoms with Crippen molar-refractivity contribution in [3.8, 4) is 6.07 Å². The van der Waals surface area contributed by atoms with Gasteiger partial charge in [0.2, 0.25) is 0 Å². The molecule has 2 amide bonds. The average Bonchev–Trinajstić information content (AvgIpc) is 2.68. The first-order chi connectivity index (χ1) is 12.6. The van der Waals surface area contributed by atoms with E-state index in [0.717, 1.165) is 11.5 Å². The summed E-state index contributed by atoms with van der Waals surface area (Å²) >= 11 is 0. The van der Waals surface area contributed by atoms with Crippen molar-refractivity contribution in [1.82, 2.24) is 15.1 Å². The predicted molar refractivity (Wildman–Crippen MR) is 100 cm³/mol. The van der Waals surface area contributed by atoms with E-state index in [4.69, 9.17) is 5.26 Å². The van der Waals surface area contributed by atoms with Crippen LogP contribution in [0.5, 0.6) is 0 Å². The Morgan fingerprint density at radius 2 is 1.77 bits per heavy atom. The second kappa shape index (κ2) is 7.83. The van der Waals surface area contributed by atoms with Crippen LogP contribution in [0.1, 0.15) is 31.0 Å². The number of nitrogens with one attached hydrogen (secondary N) is 1. The van der Waals surface area contributed by atoms with Crippen molar-refractivity contribution in [3.63, 3.8) is 0 Å². The molecule has 1 aliphatic heterocycles. The predicted octanol–water partition coefficient (Wildman–Crippen LogP) is 2.83. The van der Waals surface area contributed by atoms with E-state index < -0.39 is 0 Å². The number of aromatic nitrogens is 2. The van der Waals surface area contributed by atoms with Crippen LogP contribution in [-0.2, 0) is 0 Å². The Bertz CT molecular complexity index is 786. The number of amides is 2. The Labute approximate surface area is 153 Å². The molecule has 2 heterocycles. The highest BCUT2D eigenvalue weighted by Gasteiger charge is 2.22. The zero-order valence-corrected chi connectivity index (χ0v) is 15.0. The van der Waals surface area contributed by atoms with Gasteiger partial charge >= 0.3 is 6.03 Å². The number of carbonyl (C=O) groups is 1. The monoisotopic (exact) mass is 350 g/mol. The number of nitrogens with zero attached hydrogens (tertiary/aromatic N) is 5. The maximum Gasteiger partial charge on any atom is 0.321 e. The fraction of sp³-hybridized carbons (Fsp3) is 0.368. The first kappa shape index (κ1) is 17.7. The molecule has 134 valence electrons. The molecular weight excluding hydrogens is 328 g/mol. The minimum atomic E-state index is -0.0899. The number of benzene rings is 1. The molecule has 1 aromatic carbocycles. The van der Waals surface area contributed by atoms with Crippen molar-refractivity contribution < 1.29 is 4.79 Å². The summed E-state index contributed by atoms with van der Waals surface area (Å²) in [6.07, 6.45) is 0. The molecule has 0 unspecified atom stereocenters. The van der Waals surface area contributed by atoms with Gasteiger partial charge in [-0.3, -0.25) is 0 Å². The van der Waals surface area contributed by atoms with Crippen molar-refractivity contribution in [2.75, 3.05) is 36.4 Å². The third-order valence-corrected chi connectivity index (χ3v) is 4.48. The summed E-state index contributed by atoms with van der Waals surface area (Å²) in [5.41, 5.74) is 2.36. The standard InChI is InChI=1S/C19H22N6O/c1-14(2)15-3-5-16(6-4-15)21-19(26)25-11-9-24(10-12-25)18-8-7-17(13-20)22-23-18/h3-8,14H,9-12H2,1-2H3,(H,21,26). The van der Waals surface area contributed by atoms with Gasteiger partial charge in [-0.05, 0) is 35.7 Å². The Balaban J connectivity index is 1.53. The van der Waals surface area contributed by atoms with Gasteiger partial charge in [0.1, 0.15) is 6.07 Å². The van der Waals surface area contributed by atoms with Crippen molar-refractivity contribution in [3.05, 3.63) is 47.7 Å². The Hall–Kier alpha value is -3.14. The molecule has 1 aromatic heterocycles. The molecule has 1 aliphatic rings. The van der Waals surface area contributed by atoms with Crippen LogP contribution in [0.3, 0.4) is 0 Å². The van der Waals surface area contributed by atoms with E-state index in [-0.39, 0.29) is 6.03 Å². The van der Waals surface area contributed by atoms with Crippen LogP contribution in [0.2, 0.25) is 0 Å². The second-order valence-corrected chi connectivity index (χ2v) is 6.57. The Kier molecular flexibility index (Phi) is 5.32. The number of urea groups is 1. The van der Waals surface area contributed by atoms with Gasteiger partial charge in [-0.25, -0.2) is 4.79 Å². The fourth-order valence-corrected chi connectivity index (χ4v) is 2.85. The molecule has 7 nitrogen and oxygen atoms in total. The number of nitriles is 1. The molecule has 3 rings (SSSR count). The van der Waals surface area contributed by atoms with Gasteiger partial charge in [-0.15, -0.1) is 10.2 Å². The van der Waals surface area contributed by atoms with Crippen molar-refractivity contribution in [2.24, 2.45) is 0 Å². The number of carbonyl (C=O) groups excluding carboxylic acids is 1. The zero-order chi connectivity index (χ0) is 18.5. The summed E-state index contributed by atoms with van der Waals surface area (Å²) in [5.74, 6) is 1.20. The van der Waals surface area contributed by atoms with Crippen molar-refractivity contribution in [2.45, 2.75) is 19.8 Å². The summed E-state index contributed by atoms with van der Waals surface area (Å²) in [5, 5.41) is 19.7. The lowest BCUT2D eigenvalue weighted by molar-refractivity contribution is 0.208. The first-order valence-electron chi connectivity index (χ1n) is 8.71. The number of hydrogen-bond acceptors (Lipinski definition) is 5. The third kappa shape index (κ3) is 4.09. The second-order valence-electron chi connectivity index (χ2n) is 6.57. The van der Waals surface area contributed by atoms with Crippen molar-refractivity contribution in [1.29, 1.82) is 5.26 Å². The minimum absolute atomic E-state index is 0.0899. The topological polar surface area (TPSA) is 85.2 Å². The number of rotatable bonds is 3. The normalized spacial score (nSPS) is 14.2. The van der Waals surface area contributed by atoms with Gasteiger partial charge in [-0.1, -0.05) is 26.0 Å². The molecule has 1 fully saturated rings. The quantitative estimate of drug-likeness (QED) is 0.920. The van der Waals surface area contributed by atoms with Gasteiger partial charge in [0.25, 0.3) is 0 Å². The third-order valence-electron chi connectivity index (χ3n) is 4.48. The largest absolute Gasteiger partial charge is 0.352 e. The lowest BCUT2D eigenvalue weighted by Crippen LogP contribution is -2.50. The van der Waals surface area contributed by atoms with Gasteiger partial charge in [0.15, 0.2) is 11.5 Å². The molecule has 26 heavy (non-hydrogen) atoms. The maximum absolute atomic E-state index is 12.4. The molecule has 1 N–H and O–H groups in total. The number of anilines is 2. The van der Waals surface area contributed by atoms with E-state index in [2.05, 4.69) is 34.3 Å². The highest BCUT2D eigenvalue weighted by molar-refractivity contribution is 5.89. The van der Waals surface area contributed by atoms with Gasteiger partial charge in [0.05, 0.1) is 0 Å². The van der Waals surface area contributed by atoms with E-state index >= 15 is 0 Å². The smallest absolute Gasteiger partial charge is 0.321 e. The highest BCUT2D eigenvalue weighted by atomic mass is 16.2. The summed E-state index contributed by atoms with van der Waals surface area (Å²) in [7, 11) is 0. The van der Waals surface area contributed by atoms with Gasteiger partial charge < -0.3 is 15.1 Å². The summed E-state index contributed by atoms with van der Waals surface area (Å²) in [6.45, 7) is 6.87. The first-order valence-corrected chi connectivity index (χ1v) is 8.71. The van der Waals surface area contributed by atoms with Crippen LogP contribution in [0, 0.1) is 11.3 Å². The van der Waals surface area contributed by atoms with Crippen molar-refractivity contribution >= 4 is 17.5 Å². The van der Waals surface area contributed by atoms with Gasteiger partial charge in [-0.2, -0.15) is 5.26 Å². The molecule has 0 atom stereocenters. The molecule has 0 saturated carbocycles. The Morgan fingerprint density at radius 3 is 2.31 bits per heavy atom. The van der Waals surface area contributed by atoms with E-state index in [1.807, 2.05) is 30.3 Å². The van der Waals surface area contributed by atoms with Crippen LogP contribution < -0.4 is 10.2 Å². The van der Waals surface area contributed by atoms with Crippen LogP contribution >= 0.6 is 0 Å². The van der Waals surface area contributed by atoms with E-state index in [0.29, 0.717) is 37.8 Å². The SMILES string of the molecule is CC(C)c1ccc(NC(=O)N2CCN(c3ccc(C#N)nn3)CC2)cc1. The van der Waals surface area contributed by atoms with Crippen LogP contribution in [0.4, 0.5) is 16.3 Å². The molecule has 0 aliphatic carbocycles. The van der Waals surface area contributed by atoms with Crippen LogP contribution in [-0.4, -0.2) is 47.3 Å². The number of hydrogen-bond donors (Lipinski definition) is 1. The molecule has 7 heteroatoms. The highest BCUT2D eigenvalue weighted by Crippen LogP contribution is 2.18. The van der Waals surface area contributed by atoms with E-state index in [9.17, 15) is 4.79 Å². The maximum atomic E-state index is 12.4. The van der Waals surface area contributed by atoms with Gasteiger partial charge in [0, 0.05) is 31.9 Å². The lowest BCUT2D eigenvalue weighted by atomic mass is 10.0. The van der Waals surface area contributed by atoms with Crippen LogP contribution in [0.25, 0.3) is 0 Å². The van der Waals surface area contributed by atoms with Crippen LogP contribution in [0.15, 0.2) is 36.4 Å².